The van der Waals surface area contributed by atoms with E-state index in [4.69, 9.17) is 10.5 Å². The lowest BCUT2D eigenvalue weighted by atomic mass is 10.1. The summed E-state index contributed by atoms with van der Waals surface area (Å²) in [6, 6.07) is -0.212. The molecule has 0 aromatic carbocycles. The van der Waals surface area contributed by atoms with Crippen LogP contribution >= 0.6 is 0 Å². The van der Waals surface area contributed by atoms with Crippen LogP contribution in [0.25, 0.3) is 0 Å². The molecule has 0 amide bonds. The zero-order valence-corrected chi connectivity index (χ0v) is 10.3. The van der Waals surface area contributed by atoms with Gasteiger partial charge in [-0.15, -0.1) is 0 Å². The van der Waals surface area contributed by atoms with Crippen molar-refractivity contribution in [3.63, 3.8) is 0 Å². The quantitative estimate of drug-likeness (QED) is 0.688. The van der Waals surface area contributed by atoms with Gasteiger partial charge in [-0.25, -0.2) is 0 Å². The summed E-state index contributed by atoms with van der Waals surface area (Å²) in [4.78, 5) is 13.5. The molecule has 94 valence electrons. The topological polar surface area (TPSA) is 64.8 Å². The molecule has 3 unspecified atom stereocenters. The van der Waals surface area contributed by atoms with Crippen molar-refractivity contribution in [2.75, 3.05) is 26.8 Å². The highest BCUT2D eigenvalue weighted by molar-refractivity contribution is 5.75. The number of rotatable bonds is 4. The molecule has 0 saturated carbocycles. The summed E-state index contributed by atoms with van der Waals surface area (Å²) in [7, 11) is 1.36. The van der Waals surface area contributed by atoms with Crippen LogP contribution in [-0.4, -0.2) is 55.9 Å². The lowest BCUT2D eigenvalue weighted by Crippen LogP contribution is -2.54. The van der Waals surface area contributed by atoms with E-state index in [1.807, 2.05) is 6.92 Å². The van der Waals surface area contributed by atoms with Crippen molar-refractivity contribution in [1.82, 2.24) is 4.90 Å². The fraction of sp³-hybridized carbons (Fsp3) is 0.909. The van der Waals surface area contributed by atoms with Gasteiger partial charge in [0, 0.05) is 19.1 Å². The number of nitrogens with two attached hydrogens (primary N) is 1. The van der Waals surface area contributed by atoms with E-state index >= 15 is 0 Å². The summed E-state index contributed by atoms with van der Waals surface area (Å²) in [6.45, 7) is 6.22. The van der Waals surface area contributed by atoms with Crippen LogP contribution in [-0.2, 0) is 14.3 Å². The van der Waals surface area contributed by atoms with Crippen molar-refractivity contribution >= 4 is 5.97 Å². The van der Waals surface area contributed by atoms with Gasteiger partial charge in [-0.2, -0.15) is 0 Å². The highest BCUT2D eigenvalue weighted by Crippen LogP contribution is 2.14. The Labute approximate surface area is 96.9 Å². The molecule has 1 rings (SSSR count). The lowest BCUT2D eigenvalue weighted by molar-refractivity contribution is -0.143. The van der Waals surface area contributed by atoms with E-state index in [2.05, 4.69) is 16.6 Å². The molecule has 2 N–H and O–H groups in total. The fourth-order valence-electron chi connectivity index (χ4n) is 1.99. The number of methoxy groups -OCH3 is 1. The van der Waals surface area contributed by atoms with Crippen LogP contribution < -0.4 is 5.73 Å². The highest BCUT2D eigenvalue weighted by Gasteiger charge is 2.28. The molecule has 5 heteroatoms. The molecule has 1 aliphatic rings. The molecule has 5 nitrogen and oxygen atoms in total. The molecular weight excluding hydrogens is 208 g/mol. The number of carbonyl (C=O) groups excluding carboxylic acids is 1. The first-order chi connectivity index (χ1) is 7.58. The Hall–Kier alpha value is -0.650. The Balaban J connectivity index is 2.51. The molecule has 1 fully saturated rings. The number of hydrogen-bond donors (Lipinski definition) is 1. The third-order valence-electron chi connectivity index (χ3n) is 2.99. The highest BCUT2D eigenvalue weighted by atomic mass is 16.5. The van der Waals surface area contributed by atoms with Crippen LogP contribution in [0.1, 0.15) is 20.3 Å². The molecule has 0 bridgehead atoms. The predicted octanol–water partition coefficient (Wildman–Crippen LogP) is -0.0140. The van der Waals surface area contributed by atoms with Gasteiger partial charge in [-0.3, -0.25) is 9.69 Å². The summed E-state index contributed by atoms with van der Waals surface area (Å²) >= 11 is 0. The van der Waals surface area contributed by atoms with Gasteiger partial charge in [-0.05, 0) is 13.3 Å². The smallest absolute Gasteiger partial charge is 0.323 e. The molecule has 0 aromatic heterocycles. The van der Waals surface area contributed by atoms with Crippen molar-refractivity contribution in [1.29, 1.82) is 0 Å². The van der Waals surface area contributed by atoms with Crippen molar-refractivity contribution in [3.05, 3.63) is 0 Å². The standard InChI is InChI=1S/C11H22N2O3/c1-4-9-7-16-8(2)5-13(9)6-10(12)11(14)15-3/h8-10H,4-7,12H2,1-3H3. The second-order valence-corrected chi connectivity index (χ2v) is 4.29. The van der Waals surface area contributed by atoms with Crippen molar-refractivity contribution in [3.8, 4) is 0 Å². The number of ether oxygens (including phenoxy) is 2. The Kier molecular flexibility index (Phi) is 5.18. The first-order valence-electron chi connectivity index (χ1n) is 5.77. The van der Waals surface area contributed by atoms with Crippen LogP contribution in [0.2, 0.25) is 0 Å². The Morgan fingerprint density at radius 3 is 2.94 bits per heavy atom. The molecular formula is C11H22N2O3. The van der Waals surface area contributed by atoms with Crippen LogP contribution in [0.3, 0.4) is 0 Å². The molecule has 0 aromatic rings. The number of carbonyl (C=O) groups is 1. The largest absolute Gasteiger partial charge is 0.468 e. The summed E-state index contributed by atoms with van der Waals surface area (Å²) in [6.07, 6.45) is 1.20. The predicted molar refractivity (Wildman–Crippen MR) is 61.1 cm³/mol. The number of nitrogens with zero attached hydrogens (tertiary/aromatic N) is 1. The first-order valence-corrected chi connectivity index (χ1v) is 5.77. The maximum Gasteiger partial charge on any atom is 0.323 e. The third-order valence-corrected chi connectivity index (χ3v) is 2.99. The summed E-state index contributed by atoms with van der Waals surface area (Å²) < 4.78 is 10.2. The van der Waals surface area contributed by atoms with E-state index in [1.165, 1.54) is 7.11 Å². The lowest BCUT2D eigenvalue weighted by Gasteiger charge is -2.39. The SMILES string of the molecule is CCC1COC(C)CN1CC(N)C(=O)OC. The van der Waals surface area contributed by atoms with Gasteiger partial charge in [0.1, 0.15) is 6.04 Å². The van der Waals surface area contributed by atoms with E-state index in [9.17, 15) is 4.79 Å². The van der Waals surface area contributed by atoms with Crippen LogP contribution in [0.4, 0.5) is 0 Å². The minimum Gasteiger partial charge on any atom is -0.468 e. The minimum absolute atomic E-state index is 0.202. The molecule has 1 aliphatic heterocycles. The van der Waals surface area contributed by atoms with Gasteiger partial charge < -0.3 is 15.2 Å². The number of morpholine rings is 1. The van der Waals surface area contributed by atoms with E-state index in [1.54, 1.807) is 0 Å². The summed E-state index contributed by atoms with van der Waals surface area (Å²) in [5.41, 5.74) is 5.76. The van der Waals surface area contributed by atoms with Gasteiger partial charge in [0.05, 0.1) is 19.8 Å². The average Bonchev–Trinajstić information content (AvgIpc) is 2.28. The van der Waals surface area contributed by atoms with Crippen molar-refractivity contribution in [2.24, 2.45) is 5.73 Å². The van der Waals surface area contributed by atoms with E-state index in [0.29, 0.717) is 19.2 Å². The maximum absolute atomic E-state index is 11.3. The average molecular weight is 230 g/mol. The van der Waals surface area contributed by atoms with E-state index in [-0.39, 0.29) is 12.1 Å². The first kappa shape index (κ1) is 13.4. The zero-order chi connectivity index (χ0) is 12.1. The molecule has 1 heterocycles. The van der Waals surface area contributed by atoms with Crippen molar-refractivity contribution in [2.45, 2.75) is 38.5 Å². The second kappa shape index (κ2) is 6.18. The molecule has 3 atom stereocenters. The Bertz CT molecular complexity index is 235. The van der Waals surface area contributed by atoms with Crippen LogP contribution in [0.5, 0.6) is 0 Å². The van der Waals surface area contributed by atoms with Gasteiger partial charge in [0.2, 0.25) is 0 Å². The molecule has 1 saturated heterocycles. The second-order valence-electron chi connectivity index (χ2n) is 4.29. The van der Waals surface area contributed by atoms with E-state index < -0.39 is 6.04 Å². The Morgan fingerprint density at radius 1 is 1.69 bits per heavy atom. The van der Waals surface area contributed by atoms with Gasteiger partial charge in [0.15, 0.2) is 0 Å². The summed E-state index contributed by atoms with van der Waals surface area (Å²) in [5, 5.41) is 0. The van der Waals surface area contributed by atoms with Crippen molar-refractivity contribution < 1.29 is 14.3 Å². The Morgan fingerprint density at radius 2 is 2.38 bits per heavy atom. The zero-order valence-electron chi connectivity index (χ0n) is 10.3. The number of esters is 1. The van der Waals surface area contributed by atoms with Crippen LogP contribution in [0.15, 0.2) is 0 Å². The maximum atomic E-state index is 11.3. The minimum atomic E-state index is -0.565. The molecule has 0 spiro atoms. The number of hydrogen-bond acceptors (Lipinski definition) is 5. The molecule has 16 heavy (non-hydrogen) atoms. The fourth-order valence-corrected chi connectivity index (χ4v) is 1.99. The van der Waals surface area contributed by atoms with Gasteiger partial charge in [-0.1, -0.05) is 6.92 Å². The summed E-state index contributed by atoms with van der Waals surface area (Å²) in [5.74, 6) is -0.353. The third kappa shape index (κ3) is 3.43. The van der Waals surface area contributed by atoms with Gasteiger partial charge >= 0.3 is 5.97 Å². The molecule has 0 aliphatic carbocycles. The molecule has 0 radical (unpaired) electrons. The normalized spacial score (nSPS) is 28.8. The van der Waals surface area contributed by atoms with E-state index in [0.717, 1.165) is 13.0 Å². The van der Waals surface area contributed by atoms with Crippen LogP contribution in [0, 0.1) is 0 Å². The van der Waals surface area contributed by atoms with Gasteiger partial charge in [0.25, 0.3) is 0 Å². The monoisotopic (exact) mass is 230 g/mol.